The van der Waals surface area contributed by atoms with Crippen LogP contribution in [0.15, 0.2) is 78.9 Å². The molecule has 0 radical (unpaired) electrons. The van der Waals surface area contributed by atoms with Gasteiger partial charge in [-0.15, -0.1) is 0 Å². The lowest BCUT2D eigenvalue weighted by atomic mass is 9.78. The van der Waals surface area contributed by atoms with Crippen LogP contribution in [0.4, 0.5) is 5.69 Å². The number of piperazine rings is 1. The number of hydrogen-bond acceptors (Lipinski definition) is 5. The topological polar surface area (TPSA) is 42.0 Å². The molecule has 1 unspecified atom stereocenters. The summed E-state index contributed by atoms with van der Waals surface area (Å²) in [5, 5.41) is 0. The van der Waals surface area contributed by atoms with E-state index in [1.807, 2.05) is 56.3 Å². The average molecular weight is 487 g/mol. The van der Waals surface area contributed by atoms with Gasteiger partial charge in [0.25, 0.3) is 0 Å². The predicted octanol–water partition coefficient (Wildman–Crippen LogP) is 5.79. The molecule has 1 aliphatic heterocycles. The monoisotopic (exact) mass is 486 g/mol. The second-order valence-corrected chi connectivity index (χ2v) is 9.63. The van der Waals surface area contributed by atoms with Crippen LogP contribution in [0.2, 0.25) is 0 Å². The molecule has 1 saturated heterocycles. The molecule has 5 nitrogen and oxygen atoms in total. The molecule has 0 bridgehead atoms. The van der Waals surface area contributed by atoms with Gasteiger partial charge in [-0.2, -0.15) is 0 Å². The summed E-state index contributed by atoms with van der Waals surface area (Å²) in [4.78, 5) is 17.8. The van der Waals surface area contributed by atoms with Crippen molar-refractivity contribution in [2.75, 3.05) is 51.3 Å². The smallest absolute Gasteiger partial charge is 0.316 e. The highest BCUT2D eigenvalue weighted by Gasteiger charge is 2.36. The zero-order chi connectivity index (χ0) is 25.4. The van der Waals surface area contributed by atoms with E-state index in [9.17, 15) is 4.79 Å². The fourth-order valence-corrected chi connectivity index (χ4v) is 5.03. The maximum Gasteiger partial charge on any atom is 0.316 e. The van der Waals surface area contributed by atoms with E-state index in [2.05, 4.69) is 46.2 Å². The van der Waals surface area contributed by atoms with E-state index in [-0.39, 0.29) is 5.97 Å². The van der Waals surface area contributed by atoms with E-state index < -0.39 is 5.41 Å². The number of ether oxygens (including phenoxy) is 2. The van der Waals surface area contributed by atoms with Crippen LogP contribution in [0.1, 0.15) is 32.3 Å². The van der Waals surface area contributed by atoms with Crippen molar-refractivity contribution in [3.05, 3.63) is 84.4 Å². The SMILES string of the molecule is CCOC(=O)C(C)(CCCN1CCN(c2cccc(-c3cccc(OC)c3)c2)CC1)c1ccccc1. The normalized spacial score (nSPS) is 15.8. The largest absolute Gasteiger partial charge is 0.497 e. The van der Waals surface area contributed by atoms with Crippen LogP contribution in [-0.2, 0) is 14.9 Å². The van der Waals surface area contributed by atoms with Crippen LogP contribution in [0.25, 0.3) is 11.1 Å². The quantitative estimate of drug-likeness (QED) is 0.340. The highest BCUT2D eigenvalue weighted by Crippen LogP contribution is 2.31. The number of methoxy groups -OCH3 is 1. The van der Waals surface area contributed by atoms with Crippen molar-refractivity contribution >= 4 is 11.7 Å². The van der Waals surface area contributed by atoms with Gasteiger partial charge in [0, 0.05) is 31.9 Å². The summed E-state index contributed by atoms with van der Waals surface area (Å²) in [7, 11) is 1.70. The second-order valence-electron chi connectivity index (χ2n) is 9.63. The predicted molar refractivity (Wildman–Crippen MR) is 147 cm³/mol. The summed E-state index contributed by atoms with van der Waals surface area (Å²) in [6, 6.07) is 27.0. The Labute approximate surface area is 215 Å². The van der Waals surface area contributed by atoms with Crippen molar-refractivity contribution in [1.82, 2.24) is 4.90 Å². The van der Waals surface area contributed by atoms with Crippen LogP contribution in [-0.4, -0.2) is 57.3 Å². The van der Waals surface area contributed by atoms with Crippen LogP contribution in [0, 0.1) is 0 Å². The molecule has 1 aliphatic rings. The third kappa shape index (κ3) is 6.08. The van der Waals surface area contributed by atoms with E-state index in [4.69, 9.17) is 9.47 Å². The number of rotatable bonds is 10. The Hall–Kier alpha value is -3.31. The van der Waals surface area contributed by atoms with Gasteiger partial charge in [0.2, 0.25) is 0 Å². The molecule has 3 aromatic rings. The lowest BCUT2D eigenvalue weighted by Gasteiger charge is -2.37. The van der Waals surface area contributed by atoms with Crippen LogP contribution in [0.3, 0.4) is 0 Å². The second kappa shape index (κ2) is 12.1. The number of anilines is 1. The third-order valence-corrected chi connectivity index (χ3v) is 7.27. The van der Waals surface area contributed by atoms with Crippen molar-refractivity contribution < 1.29 is 14.3 Å². The first-order chi connectivity index (χ1) is 17.5. The first kappa shape index (κ1) is 25.8. The first-order valence-corrected chi connectivity index (χ1v) is 13.0. The molecular formula is C31H38N2O3. The zero-order valence-electron chi connectivity index (χ0n) is 21.8. The summed E-state index contributed by atoms with van der Waals surface area (Å²) in [5.74, 6) is 0.745. The van der Waals surface area contributed by atoms with Gasteiger partial charge in [-0.3, -0.25) is 9.69 Å². The Morgan fingerprint density at radius 2 is 1.58 bits per heavy atom. The highest BCUT2D eigenvalue weighted by atomic mass is 16.5. The van der Waals surface area contributed by atoms with Gasteiger partial charge in [-0.25, -0.2) is 0 Å². The van der Waals surface area contributed by atoms with Crippen LogP contribution in [0.5, 0.6) is 5.75 Å². The summed E-state index contributed by atoms with van der Waals surface area (Å²) >= 11 is 0. The number of esters is 1. The van der Waals surface area contributed by atoms with E-state index in [0.29, 0.717) is 6.61 Å². The Kier molecular flexibility index (Phi) is 8.65. The fraction of sp³-hybridized carbons (Fsp3) is 0.387. The summed E-state index contributed by atoms with van der Waals surface area (Å²) in [6.07, 6.45) is 1.73. The molecule has 0 N–H and O–H groups in total. The van der Waals surface area contributed by atoms with Gasteiger partial charge in [-0.05, 0) is 74.2 Å². The Morgan fingerprint density at radius 1 is 0.889 bits per heavy atom. The molecule has 1 fully saturated rings. The molecule has 190 valence electrons. The van der Waals surface area contributed by atoms with Gasteiger partial charge in [0.05, 0.1) is 19.1 Å². The molecule has 0 saturated carbocycles. The molecule has 1 atom stereocenters. The molecule has 0 aromatic heterocycles. The molecular weight excluding hydrogens is 448 g/mol. The maximum absolute atomic E-state index is 12.9. The van der Waals surface area contributed by atoms with Crippen LogP contribution < -0.4 is 9.64 Å². The number of nitrogens with zero attached hydrogens (tertiary/aromatic N) is 2. The van der Waals surface area contributed by atoms with Crippen molar-refractivity contribution in [1.29, 1.82) is 0 Å². The number of carbonyl (C=O) groups excluding carboxylic acids is 1. The molecule has 0 amide bonds. The maximum atomic E-state index is 12.9. The van der Waals surface area contributed by atoms with E-state index in [1.54, 1.807) is 7.11 Å². The number of carbonyl (C=O) groups is 1. The zero-order valence-corrected chi connectivity index (χ0v) is 21.8. The van der Waals surface area contributed by atoms with Crippen LogP contribution >= 0.6 is 0 Å². The van der Waals surface area contributed by atoms with Gasteiger partial charge >= 0.3 is 5.97 Å². The lowest BCUT2D eigenvalue weighted by Crippen LogP contribution is -2.47. The first-order valence-electron chi connectivity index (χ1n) is 13.0. The van der Waals surface area contributed by atoms with E-state index in [0.717, 1.165) is 62.4 Å². The minimum Gasteiger partial charge on any atom is -0.497 e. The molecule has 3 aromatic carbocycles. The molecule has 0 aliphatic carbocycles. The average Bonchev–Trinajstić information content (AvgIpc) is 2.94. The summed E-state index contributed by atoms with van der Waals surface area (Å²) < 4.78 is 10.9. The van der Waals surface area contributed by atoms with Crippen molar-refractivity contribution in [2.24, 2.45) is 0 Å². The Morgan fingerprint density at radius 3 is 2.28 bits per heavy atom. The minimum absolute atomic E-state index is 0.128. The van der Waals surface area contributed by atoms with E-state index in [1.165, 1.54) is 11.3 Å². The van der Waals surface area contributed by atoms with Gasteiger partial charge in [0.1, 0.15) is 5.75 Å². The van der Waals surface area contributed by atoms with Crippen molar-refractivity contribution in [2.45, 2.75) is 32.1 Å². The van der Waals surface area contributed by atoms with E-state index >= 15 is 0 Å². The molecule has 4 rings (SSSR count). The lowest BCUT2D eigenvalue weighted by molar-refractivity contribution is -0.149. The Bertz CT molecular complexity index is 1130. The fourth-order valence-electron chi connectivity index (χ4n) is 5.03. The highest BCUT2D eigenvalue weighted by molar-refractivity contribution is 5.82. The third-order valence-electron chi connectivity index (χ3n) is 7.27. The molecule has 36 heavy (non-hydrogen) atoms. The molecule has 1 heterocycles. The minimum atomic E-state index is -0.611. The van der Waals surface area contributed by atoms with Gasteiger partial charge in [-0.1, -0.05) is 54.6 Å². The summed E-state index contributed by atoms with van der Waals surface area (Å²) in [6.45, 7) is 9.31. The standard InChI is InChI=1S/C31H38N2O3/c1-4-36-30(34)31(2,27-13-6-5-7-14-27)17-10-18-32-19-21-33(22-20-32)28-15-8-11-25(23-28)26-12-9-16-29(24-26)35-3/h5-9,11-16,23-24H,4,10,17-22H2,1-3H3. The van der Waals surface area contributed by atoms with Crippen molar-refractivity contribution in [3.63, 3.8) is 0 Å². The Balaban J connectivity index is 1.33. The van der Waals surface area contributed by atoms with Gasteiger partial charge < -0.3 is 14.4 Å². The summed E-state index contributed by atoms with van der Waals surface area (Å²) in [5.41, 5.74) is 4.05. The molecule has 0 spiro atoms. The van der Waals surface area contributed by atoms with Gasteiger partial charge in [0.15, 0.2) is 0 Å². The number of benzene rings is 3. The van der Waals surface area contributed by atoms with Crippen molar-refractivity contribution in [3.8, 4) is 16.9 Å². The number of hydrogen-bond donors (Lipinski definition) is 0. The molecule has 5 heteroatoms.